The molecule has 0 spiro atoms. The fraction of sp³-hybridized carbons (Fsp3) is 0.421. The van der Waals surface area contributed by atoms with E-state index in [0.29, 0.717) is 25.3 Å². The Morgan fingerprint density at radius 3 is 2.84 bits per heavy atom. The number of nitrogens with zero attached hydrogens (tertiary/aromatic N) is 2. The summed E-state index contributed by atoms with van der Waals surface area (Å²) in [7, 11) is 0. The third kappa shape index (κ3) is 4.07. The van der Waals surface area contributed by atoms with Gasteiger partial charge in [-0.2, -0.15) is 0 Å². The number of amides is 1. The largest absolute Gasteiger partial charge is 0.460 e. The summed E-state index contributed by atoms with van der Waals surface area (Å²) in [6.07, 6.45) is 1.66. The lowest BCUT2D eigenvalue weighted by molar-refractivity contribution is -0.128. The third-order valence-electron chi connectivity index (χ3n) is 4.27. The summed E-state index contributed by atoms with van der Waals surface area (Å²) in [6, 6.07) is 9.86. The highest BCUT2D eigenvalue weighted by atomic mass is 16.5. The zero-order valence-corrected chi connectivity index (χ0v) is 14.5. The minimum absolute atomic E-state index is 0.00885. The maximum atomic E-state index is 12.2. The zero-order chi connectivity index (χ0) is 17.8. The topological polar surface area (TPSA) is 72.6 Å². The van der Waals surface area contributed by atoms with Crippen LogP contribution in [0.1, 0.15) is 48.0 Å². The number of rotatable bonds is 6. The second-order valence-electron chi connectivity index (χ2n) is 6.65. The molecule has 0 unspecified atom stereocenters. The second kappa shape index (κ2) is 7.51. The van der Waals surface area contributed by atoms with E-state index in [9.17, 15) is 9.59 Å². The second-order valence-corrected chi connectivity index (χ2v) is 6.65. The van der Waals surface area contributed by atoms with Crippen molar-refractivity contribution in [3.63, 3.8) is 0 Å². The average Bonchev–Trinajstić information content (AvgIpc) is 3.21. The maximum Gasteiger partial charge on any atom is 0.360 e. The average molecular weight is 342 g/mol. The first-order chi connectivity index (χ1) is 12.0. The molecule has 0 N–H and O–H groups in total. The van der Waals surface area contributed by atoms with Gasteiger partial charge in [-0.3, -0.25) is 4.79 Å². The lowest BCUT2D eigenvalue weighted by Gasteiger charge is -2.16. The summed E-state index contributed by atoms with van der Waals surface area (Å²) in [5, 5.41) is 0. The molecule has 6 heteroatoms. The summed E-state index contributed by atoms with van der Waals surface area (Å²) in [6.45, 7) is 5.24. The minimum Gasteiger partial charge on any atom is -0.460 e. The highest BCUT2D eigenvalue weighted by Crippen LogP contribution is 2.22. The van der Waals surface area contributed by atoms with E-state index in [1.165, 1.54) is 6.39 Å². The molecular formula is C19H22N2O4. The van der Waals surface area contributed by atoms with Gasteiger partial charge >= 0.3 is 5.97 Å². The van der Waals surface area contributed by atoms with Crippen molar-refractivity contribution in [1.29, 1.82) is 0 Å². The van der Waals surface area contributed by atoms with E-state index in [-0.39, 0.29) is 30.0 Å². The lowest BCUT2D eigenvalue weighted by atomic mass is 10.1. The van der Waals surface area contributed by atoms with Gasteiger partial charge in [-0.05, 0) is 5.56 Å². The van der Waals surface area contributed by atoms with Crippen LogP contribution >= 0.6 is 0 Å². The van der Waals surface area contributed by atoms with Crippen LogP contribution < -0.4 is 0 Å². The van der Waals surface area contributed by atoms with Gasteiger partial charge in [0.25, 0.3) is 0 Å². The summed E-state index contributed by atoms with van der Waals surface area (Å²) in [5.74, 6) is 0.188. The molecule has 1 amide bonds. The van der Waals surface area contributed by atoms with Crippen LogP contribution in [-0.2, 0) is 16.1 Å². The Balaban J connectivity index is 1.53. The van der Waals surface area contributed by atoms with Crippen LogP contribution in [0.2, 0.25) is 0 Å². The van der Waals surface area contributed by atoms with Crippen LogP contribution in [0.25, 0.3) is 0 Å². The Bertz CT molecular complexity index is 739. The van der Waals surface area contributed by atoms with Gasteiger partial charge in [0.15, 0.2) is 12.1 Å². The zero-order valence-electron chi connectivity index (χ0n) is 14.5. The number of hydrogen-bond acceptors (Lipinski definition) is 5. The number of esters is 1. The summed E-state index contributed by atoms with van der Waals surface area (Å²) >= 11 is 0. The SMILES string of the molecule is CC(C)c1ocnc1C(=O)OC[C@H]1CC(=O)N(Cc2ccccc2)C1. The maximum absolute atomic E-state index is 12.2. The number of likely N-dealkylation sites (tertiary alicyclic amines) is 1. The quantitative estimate of drug-likeness (QED) is 0.755. The van der Waals surface area contributed by atoms with Gasteiger partial charge in [-0.25, -0.2) is 9.78 Å². The van der Waals surface area contributed by atoms with Crippen molar-refractivity contribution in [3.8, 4) is 0 Å². The number of oxazole rings is 1. The molecule has 1 atom stereocenters. The van der Waals surface area contributed by atoms with Crippen LogP contribution in [0, 0.1) is 5.92 Å². The first kappa shape index (κ1) is 17.2. The van der Waals surface area contributed by atoms with Gasteiger partial charge in [0.1, 0.15) is 5.76 Å². The Morgan fingerprint density at radius 2 is 2.12 bits per heavy atom. The van der Waals surface area contributed by atoms with Crippen LogP contribution in [0.3, 0.4) is 0 Å². The van der Waals surface area contributed by atoms with E-state index in [1.807, 2.05) is 49.1 Å². The molecule has 1 fully saturated rings. The first-order valence-corrected chi connectivity index (χ1v) is 8.46. The Hall–Kier alpha value is -2.63. The van der Waals surface area contributed by atoms with E-state index in [2.05, 4.69) is 4.98 Å². The minimum atomic E-state index is -0.494. The first-order valence-electron chi connectivity index (χ1n) is 8.46. The van der Waals surface area contributed by atoms with Gasteiger partial charge in [-0.1, -0.05) is 44.2 Å². The summed E-state index contributed by atoms with van der Waals surface area (Å²) in [5.41, 5.74) is 1.32. The van der Waals surface area contributed by atoms with Gasteiger partial charge in [-0.15, -0.1) is 0 Å². The number of carbonyl (C=O) groups is 2. The molecule has 2 heterocycles. The summed E-state index contributed by atoms with van der Waals surface area (Å²) < 4.78 is 10.6. The predicted molar refractivity (Wildman–Crippen MR) is 90.8 cm³/mol. The van der Waals surface area contributed by atoms with E-state index >= 15 is 0 Å². The van der Waals surface area contributed by atoms with Gasteiger partial charge in [0.2, 0.25) is 5.91 Å². The number of benzene rings is 1. The number of hydrogen-bond donors (Lipinski definition) is 0. The van der Waals surface area contributed by atoms with Crippen LogP contribution in [0.5, 0.6) is 0 Å². The van der Waals surface area contributed by atoms with Crippen molar-refractivity contribution in [1.82, 2.24) is 9.88 Å². The van der Waals surface area contributed by atoms with Crippen molar-refractivity contribution in [2.24, 2.45) is 5.92 Å². The molecule has 0 saturated carbocycles. The molecule has 1 aliphatic rings. The molecule has 1 aromatic carbocycles. The molecule has 0 bridgehead atoms. The van der Waals surface area contributed by atoms with Gasteiger partial charge < -0.3 is 14.1 Å². The highest BCUT2D eigenvalue weighted by Gasteiger charge is 2.31. The molecule has 3 rings (SSSR count). The molecule has 6 nitrogen and oxygen atoms in total. The van der Waals surface area contributed by atoms with Crippen molar-refractivity contribution in [2.75, 3.05) is 13.2 Å². The van der Waals surface area contributed by atoms with E-state index in [0.717, 1.165) is 5.56 Å². The van der Waals surface area contributed by atoms with Crippen molar-refractivity contribution >= 4 is 11.9 Å². The third-order valence-corrected chi connectivity index (χ3v) is 4.27. The Labute approximate surface area is 146 Å². The summed E-state index contributed by atoms with van der Waals surface area (Å²) in [4.78, 5) is 30.1. The van der Waals surface area contributed by atoms with Crippen LogP contribution in [0.15, 0.2) is 41.1 Å². The van der Waals surface area contributed by atoms with Gasteiger partial charge in [0.05, 0.1) is 6.61 Å². The molecule has 1 aliphatic heterocycles. The predicted octanol–water partition coefficient (Wildman–Crippen LogP) is 3.00. The molecular weight excluding hydrogens is 320 g/mol. The Kier molecular flexibility index (Phi) is 5.16. The van der Waals surface area contributed by atoms with Crippen molar-refractivity contribution < 1.29 is 18.7 Å². The molecule has 132 valence electrons. The number of carbonyl (C=O) groups excluding carboxylic acids is 2. The smallest absolute Gasteiger partial charge is 0.360 e. The number of ether oxygens (including phenoxy) is 1. The van der Waals surface area contributed by atoms with E-state index in [1.54, 1.807) is 0 Å². The standard InChI is InChI=1S/C19H22N2O4/c1-13(2)18-17(20-12-25-18)19(23)24-11-15-8-16(22)21(10-15)9-14-6-4-3-5-7-14/h3-7,12-13,15H,8-11H2,1-2H3/t15-/m0/s1. The van der Waals surface area contributed by atoms with E-state index < -0.39 is 5.97 Å². The molecule has 1 aromatic heterocycles. The van der Waals surface area contributed by atoms with Gasteiger partial charge in [0, 0.05) is 31.3 Å². The fourth-order valence-corrected chi connectivity index (χ4v) is 3.00. The molecule has 0 aliphatic carbocycles. The highest BCUT2D eigenvalue weighted by molar-refractivity contribution is 5.88. The molecule has 1 saturated heterocycles. The van der Waals surface area contributed by atoms with E-state index in [4.69, 9.17) is 9.15 Å². The lowest BCUT2D eigenvalue weighted by Crippen LogP contribution is -2.25. The van der Waals surface area contributed by atoms with Crippen molar-refractivity contribution in [2.45, 2.75) is 32.7 Å². The fourth-order valence-electron chi connectivity index (χ4n) is 3.00. The van der Waals surface area contributed by atoms with Crippen LogP contribution in [0.4, 0.5) is 0 Å². The van der Waals surface area contributed by atoms with Crippen LogP contribution in [-0.4, -0.2) is 34.9 Å². The molecule has 0 radical (unpaired) electrons. The van der Waals surface area contributed by atoms with Crippen molar-refractivity contribution in [3.05, 3.63) is 53.7 Å². The Morgan fingerprint density at radius 1 is 1.36 bits per heavy atom. The normalized spacial score (nSPS) is 17.3. The molecule has 2 aromatic rings. The monoisotopic (exact) mass is 342 g/mol. The molecule has 25 heavy (non-hydrogen) atoms. The number of aromatic nitrogens is 1.